The van der Waals surface area contributed by atoms with Crippen LogP contribution in [0.4, 0.5) is 0 Å². The number of hydrogen-bond donors (Lipinski definition) is 0. The molecule has 18 heavy (non-hydrogen) atoms. The van der Waals surface area contributed by atoms with Crippen LogP contribution >= 0.6 is 15.9 Å². The van der Waals surface area contributed by atoms with Crippen LogP contribution in [0.25, 0.3) is 11.5 Å². The van der Waals surface area contributed by atoms with Crippen LogP contribution in [-0.2, 0) is 11.8 Å². The van der Waals surface area contributed by atoms with Crippen LogP contribution in [0.5, 0.6) is 0 Å². The number of imidazole rings is 1. The van der Waals surface area contributed by atoms with Gasteiger partial charge in [-0.05, 0) is 19.1 Å². The van der Waals surface area contributed by atoms with Gasteiger partial charge in [-0.1, -0.05) is 15.9 Å². The summed E-state index contributed by atoms with van der Waals surface area (Å²) in [5.41, 5.74) is 1.11. The predicted octanol–water partition coefficient (Wildman–Crippen LogP) is 2.42. The number of nitrogens with zero attached hydrogens (tertiary/aromatic N) is 3. The monoisotopic (exact) mass is 309 g/mol. The Labute approximate surface area is 113 Å². The van der Waals surface area contributed by atoms with E-state index >= 15 is 0 Å². The highest BCUT2D eigenvalue weighted by atomic mass is 79.9. The number of hydrogen-bond acceptors (Lipinski definition) is 4. The minimum absolute atomic E-state index is 0.342. The van der Waals surface area contributed by atoms with Gasteiger partial charge in [-0.3, -0.25) is 4.98 Å². The van der Waals surface area contributed by atoms with Gasteiger partial charge in [-0.2, -0.15) is 0 Å². The van der Waals surface area contributed by atoms with Gasteiger partial charge < -0.3 is 9.30 Å². The fourth-order valence-corrected chi connectivity index (χ4v) is 1.90. The van der Waals surface area contributed by atoms with E-state index in [9.17, 15) is 4.79 Å². The van der Waals surface area contributed by atoms with Crippen molar-refractivity contribution >= 4 is 21.9 Å². The highest BCUT2D eigenvalue weighted by molar-refractivity contribution is 9.10. The van der Waals surface area contributed by atoms with E-state index in [4.69, 9.17) is 4.74 Å². The number of aromatic nitrogens is 3. The molecule has 0 atom stereocenters. The van der Waals surface area contributed by atoms with E-state index in [2.05, 4.69) is 25.9 Å². The van der Waals surface area contributed by atoms with Gasteiger partial charge in [-0.25, -0.2) is 9.78 Å². The van der Waals surface area contributed by atoms with Crippen molar-refractivity contribution in [3.05, 3.63) is 34.7 Å². The lowest BCUT2D eigenvalue weighted by Crippen LogP contribution is -2.10. The zero-order valence-corrected chi connectivity index (χ0v) is 11.6. The topological polar surface area (TPSA) is 57.0 Å². The summed E-state index contributed by atoms with van der Waals surface area (Å²) < 4.78 is 7.54. The summed E-state index contributed by atoms with van der Waals surface area (Å²) in [5, 5.41) is 0. The van der Waals surface area contributed by atoms with Crippen molar-refractivity contribution in [3.63, 3.8) is 0 Å². The molecule has 0 aliphatic rings. The molecule has 0 bridgehead atoms. The van der Waals surface area contributed by atoms with Crippen LogP contribution in [0, 0.1) is 0 Å². The zero-order chi connectivity index (χ0) is 13.1. The van der Waals surface area contributed by atoms with E-state index in [0.717, 1.165) is 4.47 Å². The Kier molecular flexibility index (Phi) is 3.76. The molecule has 0 aromatic carbocycles. The Balaban J connectivity index is 2.39. The van der Waals surface area contributed by atoms with Gasteiger partial charge in [0.05, 0.1) is 12.8 Å². The first kappa shape index (κ1) is 12.8. The molecule has 0 unspecified atom stereocenters. The van der Waals surface area contributed by atoms with Gasteiger partial charge in [0.2, 0.25) is 0 Å². The average Bonchev–Trinajstić information content (AvgIpc) is 2.71. The molecule has 0 spiro atoms. The van der Waals surface area contributed by atoms with Gasteiger partial charge in [0.1, 0.15) is 11.4 Å². The number of esters is 1. The molecule has 94 valence electrons. The summed E-state index contributed by atoms with van der Waals surface area (Å²) in [6.45, 7) is 2.11. The van der Waals surface area contributed by atoms with E-state index < -0.39 is 0 Å². The summed E-state index contributed by atoms with van der Waals surface area (Å²) in [5.74, 6) is 0.244. The molecule has 2 aromatic rings. The van der Waals surface area contributed by atoms with Crippen LogP contribution < -0.4 is 0 Å². The summed E-state index contributed by atoms with van der Waals surface area (Å²) in [6, 6.07) is 3.68. The summed E-state index contributed by atoms with van der Waals surface area (Å²) in [7, 11) is 1.76. The molecule has 0 saturated heterocycles. The first-order chi connectivity index (χ1) is 8.63. The molecule has 2 aromatic heterocycles. The van der Waals surface area contributed by atoms with Crippen LogP contribution in [0.15, 0.2) is 29.0 Å². The number of halogens is 1. The van der Waals surface area contributed by atoms with Gasteiger partial charge in [0.25, 0.3) is 0 Å². The normalized spacial score (nSPS) is 10.4. The number of carbonyl (C=O) groups excluding carboxylic acids is 1. The molecule has 6 heteroatoms. The van der Waals surface area contributed by atoms with Gasteiger partial charge in [0, 0.05) is 17.7 Å². The lowest BCUT2D eigenvalue weighted by molar-refractivity contribution is 0.0515. The van der Waals surface area contributed by atoms with Crippen LogP contribution in [0.1, 0.15) is 17.4 Å². The second-order valence-electron chi connectivity index (χ2n) is 3.61. The highest BCUT2D eigenvalue weighted by Gasteiger charge is 2.16. The molecule has 0 aliphatic carbocycles. The molecule has 5 nitrogen and oxygen atoms in total. The van der Waals surface area contributed by atoms with E-state index in [-0.39, 0.29) is 5.97 Å². The molecule has 0 radical (unpaired) electrons. The molecular formula is C12H12BrN3O2. The Morgan fingerprint density at radius 1 is 1.50 bits per heavy atom. The van der Waals surface area contributed by atoms with Crippen molar-refractivity contribution in [2.24, 2.45) is 7.05 Å². The summed E-state index contributed by atoms with van der Waals surface area (Å²) in [6.07, 6.45) is 3.17. The van der Waals surface area contributed by atoms with E-state index in [1.54, 1.807) is 24.7 Å². The third kappa shape index (κ3) is 2.43. The van der Waals surface area contributed by atoms with Crippen molar-refractivity contribution in [2.45, 2.75) is 6.92 Å². The number of carbonyl (C=O) groups is 1. The molecule has 0 N–H and O–H groups in total. The van der Waals surface area contributed by atoms with Crippen LogP contribution in [0.3, 0.4) is 0 Å². The maximum absolute atomic E-state index is 11.7. The minimum atomic E-state index is -0.381. The molecule has 0 saturated carbocycles. The van der Waals surface area contributed by atoms with Crippen molar-refractivity contribution in [1.82, 2.24) is 14.5 Å². The minimum Gasteiger partial charge on any atom is -0.461 e. The maximum atomic E-state index is 11.7. The standard InChI is InChI=1S/C12H12BrN3O2/c1-3-18-12(17)10-7-15-11(16(10)2)9-6-8(13)4-5-14-9/h4-7H,3H2,1-2H3. The quantitative estimate of drug-likeness (QED) is 0.817. The van der Waals surface area contributed by atoms with Gasteiger partial charge >= 0.3 is 5.97 Å². The largest absolute Gasteiger partial charge is 0.461 e. The number of rotatable bonds is 3. The molecular weight excluding hydrogens is 298 g/mol. The Morgan fingerprint density at radius 3 is 2.94 bits per heavy atom. The van der Waals surface area contributed by atoms with Crippen LogP contribution in [-0.4, -0.2) is 27.1 Å². The molecule has 0 aliphatic heterocycles. The van der Waals surface area contributed by atoms with E-state index in [1.807, 2.05) is 12.1 Å². The number of ether oxygens (including phenoxy) is 1. The SMILES string of the molecule is CCOC(=O)c1cnc(-c2cc(Br)ccn2)n1C. The lowest BCUT2D eigenvalue weighted by atomic mass is 10.3. The van der Waals surface area contributed by atoms with Gasteiger partial charge in [-0.15, -0.1) is 0 Å². The Bertz CT molecular complexity index is 580. The number of pyridine rings is 1. The summed E-state index contributed by atoms with van der Waals surface area (Å²) >= 11 is 3.38. The molecule has 0 amide bonds. The van der Waals surface area contributed by atoms with Crippen molar-refractivity contribution in [1.29, 1.82) is 0 Å². The Morgan fingerprint density at radius 2 is 2.28 bits per heavy atom. The predicted molar refractivity (Wildman–Crippen MR) is 70.1 cm³/mol. The fraction of sp³-hybridized carbons (Fsp3) is 0.250. The zero-order valence-electron chi connectivity index (χ0n) is 10.1. The summed E-state index contributed by atoms with van der Waals surface area (Å²) in [4.78, 5) is 20.1. The van der Waals surface area contributed by atoms with Crippen molar-refractivity contribution in [2.75, 3.05) is 6.61 Å². The lowest BCUT2D eigenvalue weighted by Gasteiger charge is -2.05. The maximum Gasteiger partial charge on any atom is 0.356 e. The Hall–Kier alpha value is -1.69. The fourth-order valence-electron chi connectivity index (χ4n) is 1.57. The first-order valence-corrected chi connectivity index (χ1v) is 6.23. The first-order valence-electron chi connectivity index (χ1n) is 5.44. The average molecular weight is 310 g/mol. The molecule has 0 fully saturated rings. The second kappa shape index (κ2) is 5.30. The smallest absolute Gasteiger partial charge is 0.356 e. The van der Waals surface area contributed by atoms with E-state index in [1.165, 1.54) is 6.20 Å². The van der Waals surface area contributed by atoms with E-state index in [0.29, 0.717) is 23.8 Å². The third-order valence-electron chi connectivity index (χ3n) is 2.42. The van der Waals surface area contributed by atoms with Crippen molar-refractivity contribution in [3.8, 4) is 11.5 Å². The molecule has 2 rings (SSSR count). The van der Waals surface area contributed by atoms with Gasteiger partial charge in [0.15, 0.2) is 5.82 Å². The van der Waals surface area contributed by atoms with Crippen molar-refractivity contribution < 1.29 is 9.53 Å². The van der Waals surface area contributed by atoms with Crippen LogP contribution in [0.2, 0.25) is 0 Å². The highest BCUT2D eigenvalue weighted by Crippen LogP contribution is 2.20. The molecule has 2 heterocycles. The third-order valence-corrected chi connectivity index (χ3v) is 2.92. The second-order valence-corrected chi connectivity index (χ2v) is 4.52.